The monoisotopic (exact) mass is 321 g/mol. The predicted octanol–water partition coefficient (Wildman–Crippen LogP) is 3.88. The van der Waals surface area contributed by atoms with Crippen molar-refractivity contribution in [2.24, 2.45) is 0 Å². The summed E-state index contributed by atoms with van der Waals surface area (Å²) in [5, 5.41) is 0. The fourth-order valence-corrected chi connectivity index (χ4v) is 1.84. The van der Waals surface area contributed by atoms with E-state index < -0.39 is 0 Å². The Hall–Kier alpha value is -1.68. The van der Waals surface area contributed by atoms with Crippen molar-refractivity contribution < 1.29 is 9.47 Å². The van der Waals surface area contributed by atoms with E-state index in [0.29, 0.717) is 18.9 Å². The molecule has 0 atom stereocenters. The average molecular weight is 322 g/mol. The Balaban J connectivity index is 1.67. The molecule has 0 amide bonds. The summed E-state index contributed by atoms with van der Waals surface area (Å²) in [4.78, 5) is 0. The van der Waals surface area contributed by atoms with Gasteiger partial charge < -0.3 is 15.2 Å². The van der Waals surface area contributed by atoms with Gasteiger partial charge in [0.25, 0.3) is 0 Å². The number of hydrogen-bond acceptors (Lipinski definition) is 3. The van der Waals surface area contributed by atoms with Gasteiger partial charge in [0.05, 0.1) is 18.9 Å². The standard InChI is InChI=1S/C15H16BrNO2/c16-12-6-8-13(9-7-12)18-10-3-11-19-15-5-2-1-4-14(15)17/h1-2,4-9H,3,10-11,17H2. The van der Waals surface area contributed by atoms with Crippen LogP contribution in [-0.2, 0) is 0 Å². The van der Waals surface area contributed by atoms with E-state index in [1.165, 1.54) is 0 Å². The largest absolute Gasteiger partial charge is 0.493 e. The number of halogens is 1. The number of anilines is 1. The zero-order valence-electron chi connectivity index (χ0n) is 10.5. The van der Waals surface area contributed by atoms with Gasteiger partial charge >= 0.3 is 0 Å². The summed E-state index contributed by atoms with van der Waals surface area (Å²) in [6.07, 6.45) is 0.810. The maximum Gasteiger partial charge on any atom is 0.142 e. The number of rotatable bonds is 6. The Bertz CT molecular complexity index is 514. The van der Waals surface area contributed by atoms with Gasteiger partial charge in [0, 0.05) is 10.9 Å². The highest BCUT2D eigenvalue weighted by molar-refractivity contribution is 9.10. The van der Waals surface area contributed by atoms with Crippen molar-refractivity contribution in [2.75, 3.05) is 18.9 Å². The number of nitrogens with two attached hydrogens (primary N) is 1. The second-order valence-electron chi connectivity index (χ2n) is 4.04. The third-order valence-corrected chi connectivity index (χ3v) is 3.08. The van der Waals surface area contributed by atoms with Crippen LogP contribution < -0.4 is 15.2 Å². The molecule has 0 aromatic heterocycles. The molecule has 0 heterocycles. The first-order chi connectivity index (χ1) is 9.25. The fourth-order valence-electron chi connectivity index (χ4n) is 1.57. The molecule has 2 rings (SSSR count). The van der Waals surface area contributed by atoms with Crippen molar-refractivity contribution in [1.82, 2.24) is 0 Å². The molecule has 2 N–H and O–H groups in total. The molecular weight excluding hydrogens is 306 g/mol. The van der Waals surface area contributed by atoms with Crippen LogP contribution in [0.5, 0.6) is 11.5 Å². The van der Waals surface area contributed by atoms with Gasteiger partial charge in [0.2, 0.25) is 0 Å². The van der Waals surface area contributed by atoms with E-state index in [1.807, 2.05) is 48.5 Å². The molecule has 2 aromatic rings. The van der Waals surface area contributed by atoms with Crippen molar-refractivity contribution in [3.05, 3.63) is 53.0 Å². The van der Waals surface area contributed by atoms with Gasteiger partial charge in [0.1, 0.15) is 11.5 Å². The number of ether oxygens (including phenoxy) is 2. The van der Waals surface area contributed by atoms with Crippen LogP contribution in [0, 0.1) is 0 Å². The molecule has 3 nitrogen and oxygen atoms in total. The topological polar surface area (TPSA) is 44.5 Å². The van der Waals surface area contributed by atoms with E-state index in [1.54, 1.807) is 0 Å². The lowest BCUT2D eigenvalue weighted by molar-refractivity contribution is 0.248. The van der Waals surface area contributed by atoms with Gasteiger partial charge in [-0.2, -0.15) is 0 Å². The van der Waals surface area contributed by atoms with E-state index in [2.05, 4.69) is 15.9 Å². The summed E-state index contributed by atoms with van der Waals surface area (Å²) < 4.78 is 12.2. The molecule has 0 aliphatic rings. The molecule has 19 heavy (non-hydrogen) atoms. The van der Waals surface area contributed by atoms with Gasteiger partial charge in [-0.25, -0.2) is 0 Å². The van der Waals surface area contributed by atoms with Crippen molar-refractivity contribution in [3.63, 3.8) is 0 Å². The molecule has 0 aliphatic carbocycles. The maximum atomic E-state index is 5.78. The van der Waals surface area contributed by atoms with Crippen LogP contribution in [0.15, 0.2) is 53.0 Å². The summed E-state index contributed by atoms with van der Waals surface area (Å²) in [5.74, 6) is 1.59. The fraction of sp³-hybridized carbons (Fsp3) is 0.200. The molecule has 100 valence electrons. The van der Waals surface area contributed by atoms with Crippen LogP contribution in [-0.4, -0.2) is 13.2 Å². The molecule has 0 bridgehead atoms. The summed E-state index contributed by atoms with van der Waals surface area (Å²) in [6, 6.07) is 15.3. The first-order valence-electron chi connectivity index (χ1n) is 6.11. The first-order valence-corrected chi connectivity index (χ1v) is 6.90. The van der Waals surface area contributed by atoms with Crippen LogP contribution in [0.2, 0.25) is 0 Å². The molecule has 0 unspecified atom stereocenters. The third kappa shape index (κ3) is 4.48. The van der Waals surface area contributed by atoms with Crippen LogP contribution in [0.4, 0.5) is 5.69 Å². The van der Waals surface area contributed by atoms with E-state index in [4.69, 9.17) is 15.2 Å². The lowest BCUT2D eigenvalue weighted by Gasteiger charge is -2.09. The molecular formula is C15H16BrNO2. The van der Waals surface area contributed by atoms with Crippen LogP contribution in [0.3, 0.4) is 0 Å². The van der Waals surface area contributed by atoms with Crippen LogP contribution in [0.25, 0.3) is 0 Å². The van der Waals surface area contributed by atoms with Crippen molar-refractivity contribution in [1.29, 1.82) is 0 Å². The second kappa shape index (κ2) is 7.04. The Kier molecular flexibility index (Phi) is 5.10. The van der Waals surface area contributed by atoms with Gasteiger partial charge in [-0.15, -0.1) is 0 Å². The summed E-state index contributed by atoms with van der Waals surface area (Å²) >= 11 is 3.38. The van der Waals surface area contributed by atoms with Crippen molar-refractivity contribution >= 4 is 21.6 Å². The summed E-state index contributed by atoms with van der Waals surface area (Å²) in [7, 11) is 0. The zero-order valence-corrected chi connectivity index (χ0v) is 12.1. The molecule has 0 saturated heterocycles. The Labute approximate surface area is 121 Å². The highest BCUT2D eigenvalue weighted by Crippen LogP contribution is 2.20. The van der Waals surface area contributed by atoms with Crippen molar-refractivity contribution in [2.45, 2.75) is 6.42 Å². The summed E-state index contributed by atoms with van der Waals surface area (Å²) in [5.41, 5.74) is 6.44. The third-order valence-electron chi connectivity index (χ3n) is 2.55. The number of benzene rings is 2. The Morgan fingerprint density at radius 1 is 0.895 bits per heavy atom. The van der Waals surface area contributed by atoms with Crippen molar-refractivity contribution in [3.8, 4) is 11.5 Å². The molecule has 0 radical (unpaired) electrons. The molecule has 0 saturated carbocycles. The molecule has 2 aromatic carbocycles. The average Bonchev–Trinajstić information content (AvgIpc) is 2.42. The lowest BCUT2D eigenvalue weighted by Crippen LogP contribution is -2.06. The van der Waals surface area contributed by atoms with Gasteiger partial charge in [-0.3, -0.25) is 0 Å². The minimum atomic E-state index is 0.588. The van der Waals surface area contributed by atoms with Gasteiger partial charge in [-0.05, 0) is 36.4 Å². The minimum Gasteiger partial charge on any atom is -0.493 e. The Morgan fingerprint density at radius 2 is 1.58 bits per heavy atom. The summed E-state index contributed by atoms with van der Waals surface area (Å²) in [6.45, 7) is 1.21. The number of nitrogen functional groups attached to an aromatic ring is 1. The second-order valence-corrected chi connectivity index (χ2v) is 4.96. The van der Waals surface area contributed by atoms with E-state index in [9.17, 15) is 0 Å². The Morgan fingerprint density at radius 3 is 2.32 bits per heavy atom. The molecule has 0 fully saturated rings. The molecule has 4 heteroatoms. The predicted molar refractivity (Wildman–Crippen MR) is 80.6 cm³/mol. The first kappa shape index (κ1) is 13.7. The molecule has 0 spiro atoms. The smallest absolute Gasteiger partial charge is 0.142 e. The van der Waals surface area contributed by atoms with E-state index in [-0.39, 0.29) is 0 Å². The van der Waals surface area contributed by atoms with Crippen LogP contribution in [0.1, 0.15) is 6.42 Å². The SMILES string of the molecule is Nc1ccccc1OCCCOc1ccc(Br)cc1. The van der Waals surface area contributed by atoms with E-state index in [0.717, 1.165) is 22.4 Å². The van der Waals surface area contributed by atoms with E-state index >= 15 is 0 Å². The number of para-hydroxylation sites is 2. The normalized spacial score (nSPS) is 10.2. The van der Waals surface area contributed by atoms with Gasteiger partial charge in [-0.1, -0.05) is 28.1 Å². The van der Waals surface area contributed by atoms with Gasteiger partial charge in [0.15, 0.2) is 0 Å². The molecule has 0 aliphatic heterocycles. The maximum absolute atomic E-state index is 5.78. The highest BCUT2D eigenvalue weighted by Gasteiger charge is 1.98. The van der Waals surface area contributed by atoms with Crippen LogP contribution >= 0.6 is 15.9 Å². The quantitative estimate of drug-likeness (QED) is 0.648. The number of hydrogen-bond donors (Lipinski definition) is 1. The zero-order chi connectivity index (χ0) is 13.5. The lowest BCUT2D eigenvalue weighted by atomic mass is 10.3. The highest BCUT2D eigenvalue weighted by atomic mass is 79.9. The minimum absolute atomic E-state index is 0.588.